The molecule has 2 atom stereocenters. The second-order valence-electron chi connectivity index (χ2n) is 3.31. The van der Waals surface area contributed by atoms with Crippen molar-refractivity contribution in [2.75, 3.05) is 13.6 Å². The number of benzene rings is 1. The molecule has 0 N–H and O–H groups in total. The van der Waals surface area contributed by atoms with Gasteiger partial charge >= 0.3 is 0 Å². The molecule has 0 saturated carbocycles. The zero-order valence-electron chi connectivity index (χ0n) is 7.48. The minimum atomic E-state index is 0. The molecule has 0 aromatic heterocycles. The van der Waals surface area contributed by atoms with Gasteiger partial charge in [-0.1, -0.05) is 30.3 Å². The molecule has 1 heterocycles. The van der Waals surface area contributed by atoms with Gasteiger partial charge in [-0.3, -0.25) is 4.90 Å². The highest BCUT2D eigenvalue weighted by Crippen LogP contribution is 2.35. The first kappa shape index (κ1) is 10.8. The van der Waals surface area contributed by atoms with Crippen LogP contribution in [0.25, 0.3) is 0 Å². The first-order chi connectivity index (χ1) is 5.79. The Morgan fingerprint density at radius 2 is 1.92 bits per heavy atom. The first-order valence-corrected chi connectivity index (χ1v) is 4.62. The molecule has 1 saturated heterocycles. The van der Waals surface area contributed by atoms with E-state index in [1.54, 1.807) is 0 Å². The zero-order valence-corrected chi connectivity index (χ0v) is 9.05. The summed E-state index contributed by atoms with van der Waals surface area (Å²) in [4.78, 5) is 2.27. The molecule has 3 heteroatoms. The molecule has 1 nitrogen and oxygen atoms in total. The van der Waals surface area contributed by atoms with Crippen molar-refractivity contribution < 1.29 is 0 Å². The van der Waals surface area contributed by atoms with Crippen LogP contribution >= 0.6 is 24.0 Å². The molecule has 1 aliphatic rings. The minimum absolute atomic E-state index is 0. The number of hydrogen-bond donors (Lipinski definition) is 0. The lowest BCUT2D eigenvalue weighted by molar-refractivity contribution is 0.134. The highest BCUT2D eigenvalue weighted by atomic mass is 35.5. The lowest BCUT2D eigenvalue weighted by Gasteiger charge is -2.42. The van der Waals surface area contributed by atoms with Crippen LogP contribution in [-0.2, 0) is 0 Å². The number of alkyl halides is 1. The molecule has 0 amide bonds. The van der Waals surface area contributed by atoms with Gasteiger partial charge in [0, 0.05) is 6.54 Å². The third kappa shape index (κ3) is 1.98. The summed E-state index contributed by atoms with van der Waals surface area (Å²) in [5.74, 6) is 0. The quantitative estimate of drug-likeness (QED) is 0.655. The Bertz CT molecular complexity index is 255. The molecule has 0 aliphatic carbocycles. The first-order valence-electron chi connectivity index (χ1n) is 4.18. The van der Waals surface area contributed by atoms with Gasteiger partial charge in [0.05, 0.1) is 11.4 Å². The Labute approximate surface area is 90.1 Å². The van der Waals surface area contributed by atoms with Crippen LogP contribution in [0.4, 0.5) is 0 Å². The largest absolute Gasteiger partial charge is 0.296 e. The fraction of sp³-hybridized carbons (Fsp3) is 0.400. The highest BCUT2D eigenvalue weighted by Gasteiger charge is 2.35. The van der Waals surface area contributed by atoms with Crippen molar-refractivity contribution in [3.8, 4) is 0 Å². The van der Waals surface area contributed by atoms with Crippen LogP contribution in [0.15, 0.2) is 30.3 Å². The molecule has 1 fully saturated rings. The molecular formula is C10H13Cl2N. The van der Waals surface area contributed by atoms with Crippen LogP contribution in [0, 0.1) is 0 Å². The molecule has 0 bridgehead atoms. The Morgan fingerprint density at radius 3 is 2.38 bits per heavy atom. The maximum Gasteiger partial charge on any atom is 0.0659 e. The molecular weight excluding hydrogens is 205 g/mol. The number of halogens is 2. The van der Waals surface area contributed by atoms with Gasteiger partial charge in [0.2, 0.25) is 0 Å². The van der Waals surface area contributed by atoms with Crippen molar-refractivity contribution in [1.29, 1.82) is 0 Å². The standard InChI is InChI=1S/C10H12ClN.ClH/c1-12-7-9(11)10(12)8-5-3-2-4-6-8;/h2-6,9-10H,7H2,1H3;1H/t9-,10+;/m1./s1. The summed E-state index contributed by atoms with van der Waals surface area (Å²) in [6.45, 7) is 1.00. The minimum Gasteiger partial charge on any atom is -0.296 e. The Morgan fingerprint density at radius 1 is 1.31 bits per heavy atom. The normalized spacial score (nSPS) is 27.5. The van der Waals surface area contributed by atoms with Crippen LogP contribution in [0.2, 0.25) is 0 Å². The monoisotopic (exact) mass is 217 g/mol. The molecule has 1 aliphatic heterocycles. The molecule has 0 unspecified atom stereocenters. The van der Waals surface area contributed by atoms with Crippen LogP contribution in [0.3, 0.4) is 0 Å². The van der Waals surface area contributed by atoms with Gasteiger partial charge in [-0.25, -0.2) is 0 Å². The summed E-state index contributed by atoms with van der Waals surface area (Å²) in [6.07, 6.45) is 0. The van der Waals surface area contributed by atoms with E-state index in [0.717, 1.165) is 6.54 Å². The lowest BCUT2D eigenvalue weighted by atomic mass is 9.95. The van der Waals surface area contributed by atoms with E-state index in [1.807, 2.05) is 6.07 Å². The summed E-state index contributed by atoms with van der Waals surface area (Å²) in [5, 5.41) is 0.289. The van der Waals surface area contributed by atoms with Crippen molar-refractivity contribution in [2.45, 2.75) is 11.4 Å². The van der Waals surface area contributed by atoms with Crippen LogP contribution in [-0.4, -0.2) is 23.9 Å². The number of nitrogens with zero attached hydrogens (tertiary/aromatic N) is 1. The Kier molecular flexibility index (Phi) is 3.60. The van der Waals surface area contributed by atoms with Gasteiger partial charge in [-0.05, 0) is 12.6 Å². The zero-order chi connectivity index (χ0) is 8.55. The Balaban J connectivity index is 0.000000845. The molecule has 2 rings (SSSR count). The molecule has 1 aromatic carbocycles. The second-order valence-corrected chi connectivity index (χ2v) is 3.87. The third-order valence-corrected chi connectivity index (χ3v) is 2.80. The molecule has 1 aromatic rings. The van der Waals surface area contributed by atoms with Crippen molar-refractivity contribution in [3.05, 3.63) is 35.9 Å². The van der Waals surface area contributed by atoms with Crippen LogP contribution in [0.5, 0.6) is 0 Å². The number of hydrogen-bond acceptors (Lipinski definition) is 1. The molecule has 13 heavy (non-hydrogen) atoms. The van der Waals surface area contributed by atoms with E-state index in [1.165, 1.54) is 5.56 Å². The van der Waals surface area contributed by atoms with Crippen molar-refractivity contribution >= 4 is 24.0 Å². The van der Waals surface area contributed by atoms with E-state index in [9.17, 15) is 0 Å². The SMILES string of the molecule is CN1C[C@@H](Cl)[C@@H]1c1ccccc1.Cl. The van der Waals surface area contributed by atoms with E-state index in [0.29, 0.717) is 6.04 Å². The average molecular weight is 218 g/mol. The Hall–Kier alpha value is -0.240. The molecule has 72 valence electrons. The fourth-order valence-corrected chi connectivity index (χ4v) is 2.30. The highest BCUT2D eigenvalue weighted by molar-refractivity contribution is 6.21. The summed E-state index contributed by atoms with van der Waals surface area (Å²) in [6, 6.07) is 10.8. The predicted octanol–water partition coefficient (Wildman–Crippen LogP) is 2.70. The summed E-state index contributed by atoms with van der Waals surface area (Å²) < 4.78 is 0. The number of rotatable bonds is 1. The van der Waals surface area contributed by atoms with Crippen LogP contribution in [0.1, 0.15) is 11.6 Å². The second kappa shape index (κ2) is 4.32. The summed E-state index contributed by atoms with van der Waals surface area (Å²) in [5.41, 5.74) is 1.33. The fourth-order valence-electron chi connectivity index (χ4n) is 1.74. The van der Waals surface area contributed by atoms with E-state index < -0.39 is 0 Å². The van der Waals surface area contributed by atoms with E-state index in [-0.39, 0.29) is 17.8 Å². The summed E-state index contributed by atoms with van der Waals surface area (Å²) >= 11 is 6.10. The van der Waals surface area contributed by atoms with Gasteiger partial charge in [0.25, 0.3) is 0 Å². The number of likely N-dealkylation sites (tertiary alicyclic amines) is 1. The van der Waals surface area contributed by atoms with Gasteiger partial charge in [0.1, 0.15) is 0 Å². The van der Waals surface area contributed by atoms with E-state index in [4.69, 9.17) is 11.6 Å². The van der Waals surface area contributed by atoms with E-state index in [2.05, 4.69) is 36.2 Å². The third-order valence-electron chi connectivity index (χ3n) is 2.42. The summed E-state index contributed by atoms with van der Waals surface area (Å²) in [7, 11) is 2.11. The predicted molar refractivity (Wildman–Crippen MR) is 58.7 cm³/mol. The lowest BCUT2D eigenvalue weighted by Crippen LogP contribution is -2.48. The molecule has 0 radical (unpaired) electrons. The van der Waals surface area contributed by atoms with Gasteiger partial charge < -0.3 is 0 Å². The van der Waals surface area contributed by atoms with Gasteiger partial charge in [0.15, 0.2) is 0 Å². The topological polar surface area (TPSA) is 3.24 Å². The smallest absolute Gasteiger partial charge is 0.0659 e. The van der Waals surface area contributed by atoms with Crippen molar-refractivity contribution in [1.82, 2.24) is 4.90 Å². The average Bonchev–Trinajstić information content (AvgIpc) is 2.05. The van der Waals surface area contributed by atoms with Crippen molar-refractivity contribution in [2.24, 2.45) is 0 Å². The van der Waals surface area contributed by atoms with Gasteiger partial charge in [-0.2, -0.15) is 0 Å². The van der Waals surface area contributed by atoms with Crippen molar-refractivity contribution in [3.63, 3.8) is 0 Å². The van der Waals surface area contributed by atoms with Crippen LogP contribution < -0.4 is 0 Å². The van der Waals surface area contributed by atoms with E-state index >= 15 is 0 Å². The van der Waals surface area contributed by atoms with Gasteiger partial charge in [-0.15, -0.1) is 24.0 Å². The molecule has 0 spiro atoms. The maximum atomic E-state index is 6.10. The maximum absolute atomic E-state index is 6.10.